The van der Waals surface area contributed by atoms with Crippen LogP contribution in [0.15, 0.2) is 24.4 Å². The number of nitrogens with zero attached hydrogens (tertiary/aromatic N) is 2. The average Bonchev–Trinajstić information content (AvgIpc) is 2.16. The van der Waals surface area contributed by atoms with E-state index in [0.717, 1.165) is 5.39 Å². The smallest absolute Gasteiger partial charge is 0.354 e. The number of hydrogen-bond acceptors (Lipinski definition) is 4. The molecule has 0 bridgehead atoms. The second kappa shape index (κ2) is 2.95. The van der Waals surface area contributed by atoms with Crippen LogP contribution in [-0.4, -0.2) is 21.0 Å². The van der Waals surface area contributed by atoms with Gasteiger partial charge in [-0.1, -0.05) is 0 Å². The second-order valence-corrected chi connectivity index (χ2v) is 2.80. The molecule has 0 saturated heterocycles. The molecule has 0 aliphatic heterocycles. The predicted molar refractivity (Wildman–Crippen MR) is 50.9 cm³/mol. The molecule has 70 valence electrons. The Balaban J connectivity index is 2.69. The molecular weight excluding hydrogens is 182 g/mol. The van der Waals surface area contributed by atoms with E-state index in [1.165, 1.54) is 12.3 Å². The molecule has 0 aromatic carbocycles. The lowest BCUT2D eigenvalue weighted by atomic mass is 10.2. The molecule has 0 aliphatic rings. The first-order valence-electron chi connectivity index (χ1n) is 3.92. The number of hydrogen-bond donors (Lipinski definition) is 2. The summed E-state index contributed by atoms with van der Waals surface area (Å²) in [6.07, 6.45) is 1.46. The first kappa shape index (κ1) is 8.43. The van der Waals surface area contributed by atoms with Crippen molar-refractivity contribution in [3.05, 3.63) is 30.1 Å². The molecule has 0 fully saturated rings. The number of carbonyl (C=O) groups is 1. The summed E-state index contributed by atoms with van der Waals surface area (Å²) >= 11 is 0. The van der Waals surface area contributed by atoms with Crippen LogP contribution >= 0.6 is 0 Å². The van der Waals surface area contributed by atoms with Crippen molar-refractivity contribution in [2.24, 2.45) is 0 Å². The lowest BCUT2D eigenvalue weighted by molar-refractivity contribution is 0.0690. The number of nitrogen functional groups attached to an aromatic ring is 1. The highest BCUT2D eigenvalue weighted by atomic mass is 16.4. The largest absolute Gasteiger partial charge is 0.477 e. The summed E-state index contributed by atoms with van der Waals surface area (Å²) in [4.78, 5) is 18.4. The van der Waals surface area contributed by atoms with Crippen molar-refractivity contribution in [2.75, 3.05) is 5.73 Å². The summed E-state index contributed by atoms with van der Waals surface area (Å²) < 4.78 is 0. The van der Waals surface area contributed by atoms with Gasteiger partial charge < -0.3 is 10.8 Å². The topological polar surface area (TPSA) is 89.1 Å². The van der Waals surface area contributed by atoms with Crippen LogP contribution in [0.25, 0.3) is 10.9 Å². The summed E-state index contributed by atoms with van der Waals surface area (Å²) in [6, 6.07) is 4.79. The molecule has 0 amide bonds. The van der Waals surface area contributed by atoms with E-state index >= 15 is 0 Å². The number of anilines is 1. The second-order valence-electron chi connectivity index (χ2n) is 2.80. The molecule has 5 heteroatoms. The summed E-state index contributed by atoms with van der Waals surface area (Å²) in [5.41, 5.74) is 5.98. The Morgan fingerprint density at radius 3 is 2.93 bits per heavy atom. The van der Waals surface area contributed by atoms with Gasteiger partial charge in [0.15, 0.2) is 0 Å². The van der Waals surface area contributed by atoms with Crippen molar-refractivity contribution in [1.29, 1.82) is 0 Å². The van der Waals surface area contributed by atoms with E-state index in [-0.39, 0.29) is 5.69 Å². The SMILES string of the molecule is Nc1ccc2cnc(C(=O)O)cc2n1. The Bertz CT molecular complexity index is 510. The van der Waals surface area contributed by atoms with Crippen molar-refractivity contribution in [3.8, 4) is 0 Å². The van der Waals surface area contributed by atoms with Gasteiger partial charge in [-0.05, 0) is 18.2 Å². The normalized spacial score (nSPS) is 10.3. The Morgan fingerprint density at radius 2 is 2.21 bits per heavy atom. The molecule has 0 spiro atoms. The van der Waals surface area contributed by atoms with Gasteiger partial charge in [-0.2, -0.15) is 0 Å². The Hall–Kier alpha value is -2.17. The zero-order chi connectivity index (χ0) is 10.1. The first-order chi connectivity index (χ1) is 6.66. The van der Waals surface area contributed by atoms with Gasteiger partial charge in [-0.3, -0.25) is 0 Å². The number of carboxylic acids is 1. The van der Waals surface area contributed by atoms with E-state index < -0.39 is 5.97 Å². The fraction of sp³-hybridized carbons (Fsp3) is 0. The van der Waals surface area contributed by atoms with Crippen LogP contribution < -0.4 is 5.73 Å². The molecule has 2 aromatic heterocycles. The van der Waals surface area contributed by atoms with E-state index in [9.17, 15) is 4.79 Å². The van der Waals surface area contributed by atoms with Crippen LogP contribution in [-0.2, 0) is 0 Å². The van der Waals surface area contributed by atoms with Gasteiger partial charge in [0.25, 0.3) is 0 Å². The molecule has 0 radical (unpaired) electrons. The quantitative estimate of drug-likeness (QED) is 0.695. The first-order valence-corrected chi connectivity index (χ1v) is 3.92. The number of aromatic nitrogens is 2. The van der Waals surface area contributed by atoms with E-state index in [2.05, 4.69) is 9.97 Å². The lowest BCUT2D eigenvalue weighted by Crippen LogP contribution is -2.00. The molecule has 3 N–H and O–H groups in total. The van der Waals surface area contributed by atoms with Crippen LogP contribution in [0, 0.1) is 0 Å². The summed E-state index contributed by atoms with van der Waals surface area (Å²) in [6.45, 7) is 0. The summed E-state index contributed by atoms with van der Waals surface area (Å²) in [5, 5.41) is 9.46. The van der Waals surface area contributed by atoms with Crippen molar-refractivity contribution >= 4 is 22.7 Å². The molecule has 2 aromatic rings. The average molecular weight is 189 g/mol. The number of nitrogens with two attached hydrogens (primary N) is 1. The highest BCUT2D eigenvalue weighted by molar-refractivity contribution is 5.90. The van der Waals surface area contributed by atoms with E-state index in [4.69, 9.17) is 10.8 Å². The van der Waals surface area contributed by atoms with Gasteiger partial charge in [0, 0.05) is 11.6 Å². The minimum Gasteiger partial charge on any atom is -0.477 e. The number of rotatable bonds is 1. The van der Waals surface area contributed by atoms with E-state index in [0.29, 0.717) is 11.3 Å². The standard InChI is InChI=1S/C9H7N3O2/c10-8-2-1-5-4-11-7(9(13)14)3-6(5)12-8/h1-4H,(H2,10,12)(H,13,14). The molecule has 5 nitrogen and oxygen atoms in total. The third-order valence-electron chi connectivity index (χ3n) is 1.81. The Labute approximate surface area is 79.2 Å². The summed E-state index contributed by atoms with van der Waals surface area (Å²) in [7, 11) is 0. The maximum Gasteiger partial charge on any atom is 0.354 e. The highest BCUT2D eigenvalue weighted by Gasteiger charge is 2.05. The summed E-state index contributed by atoms with van der Waals surface area (Å²) in [5.74, 6) is -0.712. The molecule has 0 saturated carbocycles. The molecule has 0 aliphatic carbocycles. The molecule has 2 rings (SSSR count). The van der Waals surface area contributed by atoms with Gasteiger partial charge in [0.2, 0.25) is 0 Å². The van der Waals surface area contributed by atoms with Crippen LogP contribution in [0.5, 0.6) is 0 Å². The van der Waals surface area contributed by atoms with Crippen molar-refractivity contribution in [3.63, 3.8) is 0 Å². The maximum atomic E-state index is 10.6. The van der Waals surface area contributed by atoms with Crippen LogP contribution in [0.4, 0.5) is 5.82 Å². The van der Waals surface area contributed by atoms with Gasteiger partial charge >= 0.3 is 5.97 Å². The zero-order valence-electron chi connectivity index (χ0n) is 7.14. The molecule has 14 heavy (non-hydrogen) atoms. The Kier molecular flexibility index (Phi) is 1.78. The molecule has 2 heterocycles. The van der Waals surface area contributed by atoms with Crippen molar-refractivity contribution in [1.82, 2.24) is 9.97 Å². The number of carboxylic acid groups (broad SMARTS) is 1. The van der Waals surface area contributed by atoms with Crippen LogP contribution in [0.3, 0.4) is 0 Å². The fourth-order valence-electron chi connectivity index (χ4n) is 1.15. The minimum absolute atomic E-state index is 0.0319. The molecule has 0 atom stereocenters. The van der Waals surface area contributed by atoms with Crippen molar-refractivity contribution < 1.29 is 9.90 Å². The third kappa shape index (κ3) is 1.35. The predicted octanol–water partition coefficient (Wildman–Crippen LogP) is 0.910. The molecular formula is C9H7N3O2. The van der Waals surface area contributed by atoms with Crippen LogP contribution in [0.2, 0.25) is 0 Å². The Morgan fingerprint density at radius 1 is 1.43 bits per heavy atom. The monoisotopic (exact) mass is 189 g/mol. The lowest BCUT2D eigenvalue weighted by Gasteiger charge is -1.99. The van der Waals surface area contributed by atoms with E-state index in [1.54, 1.807) is 12.1 Å². The van der Waals surface area contributed by atoms with Crippen LogP contribution in [0.1, 0.15) is 10.5 Å². The number of fused-ring (bicyclic) bond motifs is 1. The minimum atomic E-state index is -1.07. The molecule has 0 unspecified atom stereocenters. The zero-order valence-corrected chi connectivity index (χ0v) is 7.14. The number of pyridine rings is 2. The van der Waals surface area contributed by atoms with Gasteiger partial charge in [-0.25, -0.2) is 14.8 Å². The van der Waals surface area contributed by atoms with E-state index in [1.807, 2.05) is 0 Å². The van der Waals surface area contributed by atoms with Gasteiger partial charge in [-0.15, -0.1) is 0 Å². The van der Waals surface area contributed by atoms with Gasteiger partial charge in [0.1, 0.15) is 11.5 Å². The third-order valence-corrected chi connectivity index (χ3v) is 1.81. The van der Waals surface area contributed by atoms with Crippen molar-refractivity contribution in [2.45, 2.75) is 0 Å². The number of aromatic carboxylic acids is 1. The van der Waals surface area contributed by atoms with Gasteiger partial charge in [0.05, 0.1) is 5.52 Å². The highest BCUT2D eigenvalue weighted by Crippen LogP contribution is 2.13. The fourth-order valence-corrected chi connectivity index (χ4v) is 1.15. The maximum absolute atomic E-state index is 10.6.